The van der Waals surface area contributed by atoms with Gasteiger partial charge in [0, 0.05) is 22.3 Å². The first kappa shape index (κ1) is 21.3. The fraction of sp³-hybridized carbons (Fsp3) is 0.391. The highest BCUT2D eigenvalue weighted by Gasteiger charge is 2.26. The van der Waals surface area contributed by atoms with Crippen molar-refractivity contribution in [3.8, 4) is 0 Å². The first-order valence-corrected chi connectivity index (χ1v) is 10.4. The number of piperidine rings is 1. The van der Waals surface area contributed by atoms with Crippen LogP contribution in [0.4, 0.5) is 11.4 Å². The van der Waals surface area contributed by atoms with Crippen LogP contribution in [0.15, 0.2) is 36.4 Å². The van der Waals surface area contributed by atoms with E-state index in [4.69, 9.17) is 11.6 Å². The Hall–Kier alpha value is -2.37. The smallest absolute Gasteiger partial charge is 0.238 e. The number of likely N-dealkylation sites (tertiary alicyclic amines) is 1. The predicted molar refractivity (Wildman–Crippen MR) is 119 cm³/mol. The number of hydrogen-bond acceptors (Lipinski definition) is 3. The molecule has 5 nitrogen and oxygen atoms in total. The number of aryl methyl sites for hydroxylation is 3. The van der Waals surface area contributed by atoms with Crippen molar-refractivity contribution in [2.24, 2.45) is 5.92 Å². The second kappa shape index (κ2) is 9.42. The number of halogens is 1. The van der Waals surface area contributed by atoms with Crippen molar-refractivity contribution in [3.05, 3.63) is 58.1 Å². The molecule has 6 heteroatoms. The van der Waals surface area contributed by atoms with Crippen molar-refractivity contribution >= 4 is 34.8 Å². The van der Waals surface area contributed by atoms with Gasteiger partial charge < -0.3 is 10.6 Å². The van der Waals surface area contributed by atoms with E-state index in [1.54, 1.807) is 6.07 Å². The lowest BCUT2D eigenvalue weighted by Gasteiger charge is -2.30. The Balaban J connectivity index is 1.46. The molecule has 1 fully saturated rings. The summed E-state index contributed by atoms with van der Waals surface area (Å²) in [6.45, 7) is 7.76. The van der Waals surface area contributed by atoms with Gasteiger partial charge in [-0.25, -0.2) is 0 Å². The Kier molecular flexibility index (Phi) is 6.93. The molecule has 1 heterocycles. The first-order chi connectivity index (χ1) is 13.8. The number of benzene rings is 2. The third-order valence-electron chi connectivity index (χ3n) is 5.27. The van der Waals surface area contributed by atoms with Gasteiger partial charge in [-0.3, -0.25) is 14.5 Å². The molecule has 2 aromatic rings. The van der Waals surface area contributed by atoms with E-state index in [9.17, 15) is 9.59 Å². The van der Waals surface area contributed by atoms with Gasteiger partial charge in [0.25, 0.3) is 0 Å². The van der Waals surface area contributed by atoms with Crippen LogP contribution in [-0.4, -0.2) is 36.3 Å². The van der Waals surface area contributed by atoms with E-state index < -0.39 is 0 Å². The maximum atomic E-state index is 12.5. The highest BCUT2D eigenvalue weighted by Crippen LogP contribution is 2.23. The number of nitrogens with zero attached hydrogens (tertiary/aromatic N) is 1. The van der Waals surface area contributed by atoms with Crippen LogP contribution >= 0.6 is 11.6 Å². The maximum absolute atomic E-state index is 12.5. The highest BCUT2D eigenvalue weighted by atomic mass is 35.5. The van der Waals surface area contributed by atoms with E-state index in [0.29, 0.717) is 11.6 Å². The number of hydrogen-bond donors (Lipinski definition) is 2. The molecular weight excluding hydrogens is 386 g/mol. The molecule has 0 spiro atoms. The summed E-state index contributed by atoms with van der Waals surface area (Å²) in [5.41, 5.74) is 4.79. The minimum atomic E-state index is -0.0474. The number of carbonyl (C=O) groups is 2. The van der Waals surface area contributed by atoms with Gasteiger partial charge in [-0.05, 0) is 87.7 Å². The van der Waals surface area contributed by atoms with Crippen LogP contribution in [0.5, 0.6) is 0 Å². The summed E-state index contributed by atoms with van der Waals surface area (Å²) in [5, 5.41) is 6.58. The lowest BCUT2D eigenvalue weighted by atomic mass is 9.95. The summed E-state index contributed by atoms with van der Waals surface area (Å²) in [7, 11) is 0. The zero-order valence-corrected chi connectivity index (χ0v) is 18.0. The van der Waals surface area contributed by atoms with Crippen molar-refractivity contribution < 1.29 is 9.59 Å². The van der Waals surface area contributed by atoms with Gasteiger partial charge in [-0.2, -0.15) is 0 Å². The van der Waals surface area contributed by atoms with Gasteiger partial charge in [0.2, 0.25) is 11.8 Å². The van der Waals surface area contributed by atoms with Crippen molar-refractivity contribution in [2.45, 2.75) is 33.6 Å². The van der Waals surface area contributed by atoms with Gasteiger partial charge in [-0.1, -0.05) is 23.7 Å². The standard InChI is InChI=1S/C23H28ClN3O2/c1-15-10-16(2)12-20(11-15)25-22(28)14-27-8-6-18(7-9-27)23(29)26-19-5-4-17(3)21(24)13-19/h4-5,10-13,18H,6-9,14H2,1-3H3,(H,25,28)(H,26,29). The Morgan fingerprint density at radius 3 is 2.24 bits per heavy atom. The number of amides is 2. The summed E-state index contributed by atoms with van der Waals surface area (Å²) in [6.07, 6.45) is 1.48. The van der Waals surface area contributed by atoms with E-state index in [1.165, 1.54) is 0 Å². The van der Waals surface area contributed by atoms with E-state index >= 15 is 0 Å². The Labute approximate surface area is 177 Å². The monoisotopic (exact) mass is 413 g/mol. The van der Waals surface area contributed by atoms with Gasteiger partial charge in [0.05, 0.1) is 6.54 Å². The van der Waals surface area contributed by atoms with Crippen LogP contribution in [0.1, 0.15) is 29.5 Å². The molecule has 154 valence electrons. The van der Waals surface area contributed by atoms with Crippen LogP contribution in [0.3, 0.4) is 0 Å². The number of carbonyl (C=O) groups excluding carboxylic acids is 2. The molecule has 1 aliphatic heterocycles. The van der Waals surface area contributed by atoms with Crippen LogP contribution in [0.25, 0.3) is 0 Å². The van der Waals surface area contributed by atoms with E-state index in [0.717, 1.165) is 54.0 Å². The second-order valence-electron chi connectivity index (χ2n) is 7.93. The lowest BCUT2D eigenvalue weighted by molar-refractivity contribution is -0.121. The molecule has 0 atom stereocenters. The fourth-order valence-corrected chi connectivity index (χ4v) is 3.90. The molecule has 2 amide bonds. The quantitative estimate of drug-likeness (QED) is 0.755. The van der Waals surface area contributed by atoms with E-state index in [1.807, 2.05) is 45.0 Å². The van der Waals surface area contributed by atoms with Crippen molar-refractivity contribution in [1.29, 1.82) is 0 Å². The number of rotatable bonds is 5. The average Bonchev–Trinajstić information content (AvgIpc) is 2.64. The zero-order valence-electron chi connectivity index (χ0n) is 17.2. The molecule has 29 heavy (non-hydrogen) atoms. The molecule has 0 bridgehead atoms. The minimum absolute atomic E-state index is 0.0178. The number of nitrogens with one attached hydrogen (secondary N) is 2. The fourth-order valence-electron chi connectivity index (χ4n) is 3.72. The molecular formula is C23H28ClN3O2. The van der Waals surface area contributed by atoms with E-state index in [2.05, 4.69) is 21.6 Å². The Morgan fingerprint density at radius 1 is 0.966 bits per heavy atom. The van der Waals surface area contributed by atoms with Crippen molar-refractivity contribution in [3.63, 3.8) is 0 Å². The van der Waals surface area contributed by atoms with Gasteiger partial charge in [0.15, 0.2) is 0 Å². The molecule has 3 rings (SSSR count). The summed E-state index contributed by atoms with van der Waals surface area (Å²) < 4.78 is 0. The van der Waals surface area contributed by atoms with Gasteiger partial charge in [-0.15, -0.1) is 0 Å². The highest BCUT2D eigenvalue weighted by molar-refractivity contribution is 6.31. The second-order valence-corrected chi connectivity index (χ2v) is 8.34. The number of anilines is 2. The predicted octanol–water partition coefficient (Wildman–Crippen LogP) is 4.55. The van der Waals surface area contributed by atoms with Crippen LogP contribution < -0.4 is 10.6 Å². The Morgan fingerprint density at radius 2 is 1.62 bits per heavy atom. The minimum Gasteiger partial charge on any atom is -0.326 e. The summed E-state index contributed by atoms with van der Waals surface area (Å²) in [5.74, 6) is -0.0507. The maximum Gasteiger partial charge on any atom is 0.238 e. The molecule has 2 N–H and O–H groups in total. The molecule has 0 radical (unpaired) electrons. The SMILES string of the molecule is Cc1cc(C)cc(NC(=O)CN2CCC(C(=O)Nc3ccc(C)c(Cl)c3)CC2)c1. The normalized spacial score (nSPS) is 15.2. The van der Waals surface area contributed by atoms with Crippen LogP contribution in [0, 0.1) is 26.7 Å². The Bertz CT molecular complexity index is 885. The largest absolute Gasteiger partial charge is 0.326 e. The molecule has 1 saturated heterocycles. The van der Waals surface area contributed by atoms with Crippen molar-refractivity contribution in [1.82, 2.24) is 4.90 Å². The van der Waals surface area contributed by atoms with Crippen LogP contribution in [-0.2, 0) is 9.59 Å². The van der Waals surface area contributed by atoms with Gasteiger partial charge in [0.1, 0.15) is 0 Å². The van der Waals surface area contributed by atoms with Crippen molar-refractivity contribution in [2.75, 3.05) is 30.3 Å². The third-order valence-corrected chi connectivity index (χ3v) is 5.68. The van der Waals surface area contributed by atoms with Crippen LogP contribution in [0.2, 0.25) is 5.02 Å². The first-order valence-electron chi connectivity index (χ1n) is 9.97. The molecule has 2 aromatic carbocycles. The molecule has 0 aliphatic carbocycles. The third kappa shape index (κ3) is 6.05. The summed E-state index contributed by atoms with van der Waals surface area (Å²) >= 11 is 6.13. The molecule has 0 aromatic heterocycles. The lowest BCUT2D eigenvalue weighted by Crippen LogP contribution is -2.41. The zero-order chi connectivity index (χ0) is 21.0. The van der Waals surface area contributed by atoms with Gasteiger partial charge >= 0.3 is 0 Å². The summed E-state index contributed by atoms with van der Waals surface area (Å²) in [4.78, 5) is 27.0. The molecule has 0 saturated carbocycles. The van der Waals surface area contributed by atoms with E-state index in [-0.39, 0.29) is 17.7 Å². The summed E-state index contributed by atoms with van der Waals surface area (Å²) in [6, 6.07) is 11.6. The topological polar surface area (TPSA) is 61.4 Å². The molecule has 0 unspecified atom stereocenters. The molecule has 1 aliphatic rings. The average molecular weight is 414 g/mol.